The van der Waals surface area contributed by atoms with Crippen LogP contribution >= 0.6 is 0 Å². The van der Waals surface area contributed by atoms with E-state index in [9.17, 15) is 8.42 Å². The van der Waals surface area contributed by atoms with E-state index in [-0.39, 0.29) is 39.6 Å². The molecule has 2 heterocycles. The highest BCUT2D eigenvalue weighted by Crippen LogP contribution is 2.37. The summed E-state index contributed by atoms with van der Waals surface area (Å²) in [5.74, 6) is 0. The van der Waals surface area contributed by atoms with Gasteiger partial charge in [0.05, 0.1) is 39.6 Å². The van der Waals surface area contributed by atoms with Gasteiger partial charge in [0.15, 0.2) is 12.6 Å². The van der Waals surface area contributed by atoms with Crippen LogP contribution < -0.4 is 0 Å². The van der Waals surface area contributed by atoms with Gasteiger partial charge in [-0.05, 0) is 33.4 Å². The summed E-state index contributed by atoms with van der Waals surface area (Å²) < 4.78 is 139. The Balaban J connectivity index is 1.18. The average Bonchev–Trinajstić information content (AvgIpc) is 3.43. The maximum Gasteiger partial charge on any atom is 0.511 e. The van der Waals surface area contributed by atoms with Crippen LogP contribution in [0.25, 0.3) is 0 Å². The van der Waals surface area contributed by atoms with Gasteiger partial charge in [-0.2, -0.15) is 17.5 Å². The summed E-state index contributed by atoms with van der Waals surface area (Å²) in [6, 6.07) is 55.6. The minimum absolute atomic E-state index is 0.0300. The van der Waals surface area contributed by atoms with Crippen molar-refractivity contribution in [3.8, 4) is 0 Å². The molecule has 0 spiro atoms. The second kappa shape index (κ2) is 26.9. The third kappa shape index (κ3) is 14.7. The first-order valence-corrected chi connectivity index (χ1v) is 25.8. The summed E-state index contributed by atoms with van der Waals surface area (Å²) in [6.07, 6.45) is -12.2. The summed E-state index contributed by atoms with van der Waals surface area (Å²) in [5, 5.41) is 0. The molecule has 0 bridgehead atoms. The van der Waals surface area contributed by atoms with E-state index >= 15 is 13.2 Å². The zero-order valence-electron chi connectivity index (χ0n) is 41.1. The summed E-state index contributed by atoms with van der Waals surface area (Å²) in [5.41, 5.74) is -1.11. The Morgan fingerprint density at radius 3 is 0.851 bits per heavy atom. The molecule has 2 fully saturated rings. The molecule has 0 amide bonds. The standard InChI is InChI=1S/C57H62F3NO12S/c1-64-55-53(70-39-45-29-17-7-18-30-45)51(68-37-43-25-13-5-14-26-43)49(66-35-41-21-9-3-10-22-41)47(72-55)33-61(74(62,63)57(58,59)60)34-48-50(67-36-42-23-11-4-12-24-42)52(69-38-44-27-15-6-16-28-44)54(56(65-2)73-48)71-40-46-31-19-8-20-32-46/h3-32,47-56H,33-40H2,1-2H3/t47-,48-,49-,50-,51+,52+,53-,54+,55+,56+/m1/s1. The number of rotatable bonds is 25. The molecule has 0 aromatic heterocycles. The van der Waals surface area contributed by atoms with E-state index < -0.39 is 90.0 Å². The predicted octanol–water partition coefficient (Wildman–Crippen LogP) is 9.39. The third-order valence-electron chi connectivity index (χ3n) is 12.8. The number of ether oxygens (including phenoxy) is 10. The lowest BCUT2D eigenvalue weighted by atomic mass is 9.96. The van der Waals surface area contributed by atoms with Crippen molar-refractivity contribution < 1.29 is 69.0 Å². The normalized spacial score (nSPS) is 24.5. The van der Waals surface area contributed by atoms with E-state index in [0.29, 0.717) is 4.31 Å². The molecule has 13 nitrogen and oxygen atoms in total. The van der Waals surface area contributed by atoms with Gasteiger partial charge >= 0.3 is 15.5 Å². The molecule has 0 N–H and O–H groups in total. The highest BCUT2D eigenvalue weighted by Gasteiger charge is 2.57. The van der Waals surface area contributed by atoms with Gasteiger partial charge in [0.2, 0.25) is 0 Å². The maximum atomic E-state index is 15.3. The van der Waals surface area contributed by atoms with Crippen LogP contribution in [0.3, 0.4) is 0 Å². The number of hydrogen-bond donors (Lipinski definition) is 0. The lowest BCUT2D eigenvalue weighted by Crippen LogP contribution is -2.65. The summed E-state index contributed by atoms with van der Waals surface area (Å²) in [7, 11) is -3.46. The fourth-order valence-corrected chi connectivity index (χ4v) is 9.96. The maximum absolute atomic E-state index is 15.3. The largest absolute Gasteiger partial charge is 0.511 e. The lowest BCUT2D eigenvalue weighted by Gasteiger charge is -2.48. The number of alkyl halides is 3. The Hall–Kier alpha value is -5.38. The van der Waals surface area contributed by atoms with E-state index in [1.807, 2.05) is 182 Å². The molecule has 74 heavy (non-hydrogen) atoms. The molecular formula is C57H62F3NO12S. The van der Waals surface area contributed by atoms with Crippen molar-refractivity contribution in [1.29, 1.82) is 0 Å². The van der Waals surface area contributed by atoms with Gasteiger partial charge in [-0.3, -0.25) is 0 Å². The Morgan fingerprint density at radius 2 is 0.622 bits per heavy atom. The van der Waals surface area contributed by atoms with Crippen LogP contribution in [0.4, 0.5) is 13.2 Å². The van der Waals surface area contributed by atoms with E-state index in [0.717, 1.165) is 33.4 Å². The first-order valence-electron chi connectivity index (χ1n) is 24.4. The molecule has 0 aliphatic carbocycles. The number of benzene rings is 6. The second-order valence-corrected chi connectivity index (χ2v) is 19.8. The zero-order chi connectivity index (χ0) is 51.8. The number of nitrogens with zero attached hydrogens (tertiary/aromatic N) is 1. The van der Waals surface area contributed by atoms with Crippen molar-refractivity contribution in [3.63, 3.8) is 0 Å². The van der Waals surface area contributed by atoms with Crippen molar-refractivity contribution in [2.75, 3.05) is 27.3 Å². The summed E-state index contributed by atoms with van der Waals surface area (Å²) >= 11 is 0. The van der Waals surface area contributed by atoms with Gasteiger partial charge in [-0.25, -0.2) is 8.42 Å². The Bertz CT molecular complexity index is 2490. The molecule has 2 aliphatic heterocycles. The van der Waals surface area contributed by atoms with E-state index in [2.05, 4.69) is 0 Å². The molecular weight excluding hydrogens is 980 g/mol. The first kappa shape index (κ1) is 54.9. The minimum atomic E-state index is -6.20. The molecule has 394 valence electrons. The van der Waals surface area contributed by atoms with Crippen LogP contribution in [-0.2, 0) is 97.0 Å². The first-order chi connectivity index (χ1) is 36.0. The molecule has 0 saturated carbocycles. The molecule has 6 aromatic carbocycles. The molecule has 10 atom stereocenters. The van der Waals surface area contributed by atoms with Crippen molar-refractivity contribution in [2.45, 2.75) is 107 Å². The summed E-state index contributed by atoms with van der Waals surface area (Å²) in [4.78, 5) is 0. The Kier molecular flexibility index (Phi) is 19.9. The number of sulfonamides is 1. The van der Waals surface area contributed by atoms with Gasteiger partial charge in [0.25, 0.3) is 0 Å². The van der Waals surface area contributed by atoms with Gasteiger partial charge in [-0.15, -0.1) is 0 Å². The van der Waals surface area contributed by atoms with Crippen LogP contribution in [0.15, 0.2) is 182 Å². The fraction of sp³-hybridized carbons (Fsp3) is 0.368. The van der Waals surface area contributed by atoms with Crippen LogP contribution in [0.1, 0.15) is 33.4 Å². The van der Waals surface area contributed by atoms with Gasteiger partial charge in [0, 0.05) is 27.3 Å². The molecule has 0 radical (unpaired) electrons. The molecule has 0 unspecified atom stereocenters. The molecule has 8 rings (SSSR count). The fourth-order valence-electron chi connectivity index (χ4n) is 8.98. The molecule has 17 heteroatoms. The van der Waals surface area contributed by atoms with Crippen molar-refractivity contribution in [2.24, 2.45) is 0 Å². The quantitative estimate of drug-likeness (QED) is 0.0542. The minimum Gasteiger partial charge on any atom is -0.368 e. The van der Waals surface area contributed by atoms with Crippen LogP contribution in [0, 0.1) is 0 Å². The molecule has 2 saturated heterocycles. The van der Waals surface area contributed by atoms with Gasteiger partial charge in [0.1, 0.15) is 48.8 Å². The Labute approximate surface area is 431 Å². The third-order valence-corrected chi connectivity index (χ3v) is 14.3. The number of halogens is 3. The highest BCUT2D eigenvalue weighted by molar-refractivity contribution is 7.90. The van der Waals surface area contributed by atoms with Crippen LogP contribution in [-0.4, -0.2) is 107 Å². The monoisotopic (exact) mass is 1040 g/mol. The van der Waals surface area contributed by atoms with E-state index in [1.54, 1.807) is 0 Å². The van der Waals surface area contributed by atoms with Crippen molar-refractivity contribution in [3.05, 3.63) is 215 Å². The predicted molar refractivity (Wildman–Crippen MR) is 268 cm³/mol. The van der Waals surface area contributed by atoms with Crippen LogP contribution in [0.2, 0.25) is 0 Å². The lowest BCUT2D eigenvalue weighted by molar-refractivity contribution is -0.323. The van der Waals surface area contributed by atoms with E-state index in [4.69, 9.17) is 47.4 Å². The smallest absolute Gasteiger partial charge is 0.368 e. The van der Waals surface area contributed by atoms with Gasteiger partial charge < -0.3 is 47.4 Å². The van der Waals surface area contributed by atoms with Crippen LogP contribution in [0.5, 0.6) is 0 Å². The molecule has 2 aliphatic rings. The van der Waals surface area contributed by atoms with Crippen molar-refractivity contribution >= 4 is 10.0 Å². The second-order valence-electron chi connectivity index (χ2n) is 17.9. The SMILES string of the molecule is CO[C@H]1O[C@H](CN(C[C@H]2O[C@H](OC)[C@H](OCc3ccccc3)[C@@H](OCc3ccccc3)[C@@H]2OCc2ccccc2)S(=O)(=O)C(F)(F)F)[C@@H](OCc2ccccc2)[C@H](OCc2ccccc2)[C@@H]1OCc1ccccc1. The highest BCUT2D eigenvalue weighted by atomic mass is 32.2. The molecule has 6 aromatic rings. The number of methoxy groups -OCH3 is 2. The van der Waals surface area contributed by atoms with Gasteiger partial charge in [-0.1, -0.05) is 182 Å². The topological polar surface area (TPSA) is 130 Å². The number of hydrogen-bond acceptors (Lipinski definition) is 12. The summed E-state index contributed by atoms with van der Waals surface area (Å²) in [6.45, 7) is -1.70. The zero-order valence-corrected chi connectivity index (χ0v) is 42.0. The van der Waals surface area contributed by atoms with Crippen molar-refractivity contribution in [1.82, 2.24) is 4.31 Å². The Morgan fingerprint density at radius 1 is 0.392 bits per heavy atom. The average molecular weight is 1040 g/mol. The van der Waals surface area contributed by atoms with E-state index in [1.165, 1.54) is 14.2 Å².